The summed E-state index contributed by atoms with van der Waals surface area (Å²) >= 11 is 1.60. The highest BCUT2D eigenvalue weighted by atomic mass is 32.1. The fourth-order valence-electron chi connectivity index (χ4n) is 2.60. The van der Waals surface area contributed by atoms with Gasteiger partial charge in [0, 0.05) is 22.3 Å². The van der Waals surface area contributed by atoms with Crippen LogP contribution in [0, 0.1) is 6.92 Å². The molecule has 3 aromatic heterocycles. The van der Waals surface area contributed by atoms with Crippen molar-refractivity contribution < 1.29 is 4.52 Å². The molecule has 0 amide bonds. The molecular weight excluding hydrogens is 308 g/mol. The van der Waals surface area contributed by atoms with Crippen LogP contribution in [0.25, 0.3) is 21.6 Å². The largest absolute Gasteiger partial charge is 0.374 e. The van der Waals surface area contributed by atoms with Gasteiger partial charge in [0.05, 0.1) is 4.88 Å². The second-order valence-corrected chi connectivity index (χ2v) is 6.50. The maximum atomic E-state index is 5.39. The number of H-pyrrole nitrogens is 1. The number of thiophene rings is 1. The van der Waals surface area contributed by atoms with Crippen molar-refractivity contribution in [1.29, 1.82) is 0 Å². The third kappa shape index (κ3) is 2.73. The molecule has 0 radical (unpaired) electrons. The summed E-state index contributed by atoms with van der Waals surface area (Å²) in [4.78, 5) is 8.81. The van der Waals surface area contributed by atoms with Crippen LogP contribution in [0.1, 0.15) is 24.6 Å². The Morgan fingerprint density at radius 1 is 1.26 bits per heavy atom. The molecule has 0 aliphatic rings. The van der Waals surface area contributed by atoms with Crippen molar-refractivity contribution in [3.05, 3.63) is 53.4 Å². The summed E-state index contributed by atoms with van der Waals surface area (Å²) < 4.78 is 5.39. The number of rotatable bonds is 4. The first kappa shape index (κ1) is 14.0. The molecule has 6 heteroatoms. The van der Waals surface area contributed by atoms with E-state index >= 15 is 0 Å². The maximum absolute atomic E-state index is 5.39. The molecule has 0 unspecified atom stereocenters. The monoisotopic (exact) mass is 324 g/mol. The van der Waals surface area contributed by atoms with E-state index in [-0.39, 0.29) is 6.04 Å². The lowest BCUT2D eigenvalue weighted by atomic mass is 10.2. The second kappa shape index (κ2) is 5.55. The first-order chi connectivity index (χ1) is 11.2. The lowest BCUT2D eigenvalue weighted by Gasteiger charge is -2.11. The molecule has 0 aliphatic carbocycles. The van der Waals surface area contributed by atoms with Gasteiger partial charge in [-0.25, -0.2) is 0 Å². The van der Waals surface area contributed by atoms with Crippen LogP contribution in [0.15, 0.2) is 46.3 Å². The molecule has 4 rings (SSSR count). The van der Waals surface area contributed by atoms with Gasteiger partial charge in [-0.1, -0.05) is 11.2 Å². The molecule has 2 N–H and O–H groups in total. The van der Waals surface area contributed by atoms with Gasteiger partial charge in [0.1, 0.15) is 6.04 Å². The van der Waals surface area contributed by atoms with Gasteiger partial charge in [0.2, 0.25) is 11.7 Å². The SMILES string of the molecule is Cc1cc2cc(N[C@H](C)c3nc(-c4cccs4)no3)ccc2[nH]1. The quantitative estimate of drug-likeness (QED) is 0.568. The second-order valence-electron chi connectivity index (χ2n) is 5.55. The summed E-state index contributed by atoms with van der Waals surface area (Å²) in [5, 5.41) is 10.7. The molecule has 5 nitrogen and oxygen atoms in total. The minimum atomic E-state index is -0.0614. The van der Waals surface area contributed by atoms with Crippen LogP contribution in [0.5, 0.6) is 0 Å². The van der Waals surface area contributed by atoms with E-state index in [9.17, 15) is 0 Å². The number of aromatic amines is 1. The van der Waals surface area contributed by atoms with Gasteiger partial charge in [-0.05, 0) is 49.6 Å². The van der Waals surface area contributed by atoms with Crippen molar-refractivity contribution in [2.75, 3.05) is 5.32 Å². The number of aromatic nitrogens is 3. The van der Waals surface area contributed by atoms with E-state index in [2.05, 4.69) is 45.6 Å². The zero-order valence-electron chi connectivity index (χ0n) is 12.8. The topological polar surface area (TPSA) is 66.7 Å². The highest BCUT2D eigenvalue weighted by Crippen LogP contribution is 2.26. The van der Waals surface area contributed by atoms with Gasteiger partial charge in [0.15, 0.2) is 0 Å². The van der Waals surface area contributed by atoms with Crippen LogP contribution < -0.4 is 5.32 Å². The van der Waals surface area contributed by atoms with Gasteiger partial charge in [-0.3, -0.25) is 0 Å². The van der Waals surface area contributed by atoms with Gasteiger partial charge >= 0.3 is 0 Å². The van der Waals surface area contributed by atoms with Crippen LogP contribution in [-0.4, -0.2) is 15.1 Å². The predicted octanol–water partition coefficient (Wildman–Crippen LogP) is 4.76. The van der Waals surface area contributed by atoms with Gasteiger partial charge in [-0.15, -0.1) is 11.3 Å². The molecule has 0 spiro atoms. The smallest absolute Gasteiger partial charge is 0.249 e. The standard InChI is InChI=1S/C17H16N4OS/c1-10-8-12-9-13(5-6-14(12)18-10)19-11(2)17-20-16(21-22-17)15-4-3-7-23-15/h3-9,11,18-19H,1-2H3/t11-/m1/s1. The number of hydrogen-bond acceptors (Lipinski definition) is 5. The number of hydrogen-bond donors (Lipinski definition) is 2. The molecule has 0 fully saturated rings. The van der Waals surface area contributed by atoms with Gasteiger partial charge < -0.3 is 14.8 Å². The van der Waals surface area contributed by atoms with Crippen LogP contribution in [0.2, 0.25) is 0 Å². The zero-order chi connectivity index (χ0) is 15.8. The summed E-state index contributed by atoms with van der Waals surface area (Å²) in [5.74, 6) is 1.22. The van der Waals surface area contributed by atoms with E-state index < -0.39 is 0 Å². The molecule has 0 saturated carbocycles. The molecular formula is C17H16N4OS. The summed E-state index contributed by atoms with van der Waals surface area (Å²) in [7, 11) is 0. The van der Waals surface area contributed by atoms with Crippen LogP contribution in [0.3, 0.4) is 0 Å². The zero-order valence-corrected chi connectivity index (χ0v) is 13.6. The Morgan fingerprint density at radius 2 is 2.17 bits per heavy atom. The fourth-order valence-corrected chi connectivity index (χ4v) is 3.25. The molecule has 116 valence electrons. The van der Waals surface area contributed by atoms with Crippen LogP contribution in [-0.2, 0) is 0 Å². The minimum absolute atomic E-state index is 0.0614. The summed E-state index contributed by atoms with van der Waals surface area (Å²) in [5.41, 5.74) is 3.32. The Kier molecular flexibility index (Phi) is 3.38. The van der Waals surface area contributed by atoms with Crippen molar-refractivity contribution in [3.8, 4) is 10.7 Å². The molecule has 3 heterocycles. The van der Waals surface area contributed by atoms with Crippen LogP contribution in [0.4, 0.5) is 5.69 Å². The lowest BCUT2D eigenvalue weighted by Crippen LogP contribution is -2.06. The van der Waals surface area contributed by atoms with E-state index in [1.54, 1.807) is 11.3 Å². The normalized spacial score (nSPS) is 12.6. The fraction of sp³-hybridized carbons (Fsp3) is 0.176. The van der Waals surface area contributed by atoms with Crippen molar-refractivity contribution in [2.45, 2.75) is 19.9 Å². The molecule has 4 aromatic rings. The van der Waals surface area contributed by atoms with E-state index in [0.717, 1.165) is 21.8 Å². The van der Waals surface area contributed by atoms with Crippen molar-refractivity contribution >= 4 is 27.9 Å². The van der Waals surface area contributed by atoms with E-state index in [4.69, 9.17) is 4.52 Å². The molecule has 0 saturated heterocycles. The van der Waals surface area contributed by atoms with Crippen molar-refractivity contribution in [1.82, 2.24) is 15.1 Å². The number of benzene rings is 1. The molecule has 1 atom stereocenters. The van der Waals surface area contributed by atoms with E-state index in [1.807, 2.05) is 30.5 Å². The number of nitrogens with one attached hydrogen (secondary N) is 2. The average molecular weight is 324 g/mol. The molecule has 1 aromatic carbocycles. The predicted molar refractivity (Wildman–Crippen MR) is 92.7 cm³/mol. The van der Waals surface area contributed by atoms with Gasteiger partial charge in [-0.2, -0.15) is 4.98 Å². The third-order valence-electron chi connectivity index (χ3n) is 3.69. The molecule has 0 bridgehead atoms. The van der Waals surface area contributed by atoms with Crippen LogP contribution >= 0.6 is 11.3 Å². The Hall–Kier alpha value is -2.60. The summed E-state index contributed by atoms with van der Waals surface area (Å²) in [6, 6.07) is 12.3. The third-order valence-corrected chi connectivity index (χ3v) is 4.56. The minimum Gasteiger partial charge on any atom is -0.374 e. The van der Waals surface area contributed by atoms with E-state index in [0.29, 0.717) is 11.7 Å². The Bertz CT molecular complexity index is 939. The Labute approximate surface area is 137 Å². The molecule has 23 heavy (non-hydrogen) atoms. The Morgan fingerprint density at radius 3 is 3.00 bits per heavy atom. The van der Waals surface area contributed by atoms with Crippen molar-refractivity contribution in [3.63, 3.8) is 0 Å². The highest BCUT2D eigenvalue weighted by molar-refractivity contribution is 7.13. The summed E-state index contributed by atoms with van der Waals surface area (Å²) in [6.45, 7) is 4.07. The lowest BCUT2D eigenvalue weighted by molar-refractivity contribution is 0.368. The number of fused-ring (bicyclic) bond motifs is 1. The Balaban J connectivity index is 1.55. The maximum Gasteiger partial charge on any atom is 0.249 e. The number of nitrogens with zero attached hydrogens (tertiary/aromatic N) is 2. The number of anilines is 1. The molecule has 0 aliphatic heterocycles. The first-order valence-electron chi connectivity index (χ1n) is 7.42. The number of aryl methyl sites for hydroxylation is 1. The van der Waals surface area contributed by atoms with Crippen molar-refractivity contribution in [2.24, 2.45) is 0 Å². The summed E-state index contributed by atoms with van der Waals surface area (Å²) in [6.07, 6.45) is 0. The average Bonchev–Trinajstić information content (AvgIpc) is 3.26. The first-order valence-corrected chi connectivity index (χ1v) is 8.30. The van der Waals surface area contributed by atoms with E-state index in [1.165, 1.54) is 5.39 Å². The highest BCUT2D eigenvalue weighted by Gasteiger charge is 2.15. The van der Waals surface area contributed by atoms with Gasteiger partial charge in [0.25, 0.3) is 0 Å².